The highest BCUT2D eigenvalue weighted by atomic mass is 127. The van der Waals surface area contributed by atoms with Gasteiger partial charge in [-0.05, 0) is 19.4 Å². The van der Waals surface area contributed by atoms with Crippen LogP contribution in [0.15, 0.2) is 0 Å². The van der Waals surface area contributed by atoms with Crippen molar-refractivity contribution >= 4 is 22.6 Å². The topological polar surface area (TPSA) is 21.3 Å². The zero-order valence-electron chi connectivity index (χ0n) is 6.61. The number of hydrogen-bond donors (Lipinski definition) is 1. The van der Waals surface area contributed by atoms with E-state index in [1.807, 2.05) is 0 Å². The van der Waals surface area contributed by atoms with Crippen molar-refractivity contribution in [3.8, 4) is 0 Å². The largest absolute Gasteiger partial charge is 0.381 e. The van der Waals surface area contributed by atoms with E-state index in [0.717, 1.165) is 17.1 Å². The Morgan fingerprint density at radius 1 is 1.55 bits per heavy atom. The fourth-order valence-electron chi connectivity index (χ4n) is 2.01. The van der Waals surface area contributed by atoms with Gasteiger partial charge in [0, 0.05) is 22.5 Å². The van der Waals surface area contributed by atoms with Gasteiger partial charge in [0.2, 0.25) is 0 Å². The summed E-state index contributed by atoms with van der Waals surface area (Å²) in [6.45, 7) is 4.30. The van der Waals surface area contributed by atoms with E-state index in [0.29, 0.717) is 5.41 Å². The number of halogens is 1. The van der Waals surface area contributed by atoms with Gasteiger partial charge >= 0.3 is 0 Å². The van der Waals surface area contributed by atoms with Crippen LogP contribution in [0.5, 0.6) is 0 Å². The molecule has 2 rings (SSSR count). The summed E-state index contributed by atoms with van der Waals surface area (Å²) in [4.78, 5) is 0. The lowest BCUT2D eigenvalue weighted by atomic mass is 9.82. The maximum atomic E-state index is 5.53. The molecule has 0 aliphatic carbocycles. The van der Waals surface area contributed by atoms with Crippen LogP contribution in [0.1, 0.15) is 12.8 Å². The average molecular weight is 267 g/mol. The molecule has 2 aliphatic heterocycles. The number of rotatable bonds is 0. The average Bonchev–Trinajstić information content (AvgIpc) is 2.46. The molecule has 0 saturated carbocycles. The Balaban J connectivity index is 2.07. The fraction of sp³-hybridized carbons (Fsp3) is 1.00. The van der Waals surface area contributed by atoms with E-state index in [1.54, 1.807) is 0 Å². The van der Waals surface area contributed by atoms with Crippen molar-refractivity contribution in [3.63, 3.8) is 0 Å². The minimum absolute atomic E-state index is 0.485. The summed E-state index contributed by atoms with van der Waals surface area (Å²) in [5, 5.41) is 3.43. The summed E-state index contributed by atoms with van der Waals surface area (Å²) in [6, 6.07) is 0. The second-order valence-corrected chi connectivity index (χ2v) is 5.10. The van der Waals surface area contributed by atoms with Crippen molar-refractivity contribution in [2.45, 2.75) is 16.8 Å². The molecule has 0 aromatic rings. The molecule has 2 fully saturated rings. The van der Waals surface area contributed by atoms with E-state index >= 15 is 0 Å². The Labute approximate surface area is 81.2 Å². The Morgan fingerprint density at radius 2 is 2.45 bits per heavy atom. The molecular weight excluding hydrogens is 253 g/mol. The van der Waals surface area contributed by atoms with Gasteiger partial charge in [-0.15, -0.1) is 0 Å². The third-order valence-corrected chi connectivity index (χ3v) is 4.79. The SMILES string of the molecule is IC1CCOCC12CCNC2. The molecule has 0 aromatic heterocycles. The Bertz CT molecular complexity index is 145. The standard InChI is InChI=1S/C8H14INO/c9-7-1-4-11-6-8(7)2-3-10-5-8/h7,10H,1-6H2. The monoisotopic (exact) mass is 267 g/mol. The number of nitrogens with one attached hydrogen (secondary N) is 1. The van der Waals surface area contributed by atoms with Crippen molar-refractivity contribution in [1.29, 1.82) is 0 Å². The third kappa shape index (κ3) is 1.42. The normalized spacial score (nSPS) is 45.0. The molecular formula is C8H14INO. The summed E-state index contributed by atoms with van der Waals surface area (Å²) in [5.41, 5.74) is 0.485. The highest BCUT2D eigenvalue weighted by molar-refractivity contribution is 14.1. The van der Waals surface area contributed by atoms with Crippen molar-refractivity contribution in [3.05, 3.63) is 0 Å². The van der Waals surface area contributed by atoms with Crippen LogP contribution in [0.4, 0.5) is 0 Å². The van der Waals surface area contributed by atoms with Gasteiger partial charge in [-0.3, -0.25) is 0 Å². The van der Waals surface area contributed by atoms with Crippen LogP contribution in [0.25, 0.3) is 0 Å². The first-order valence-corrected chi connectivity index (χ1v) is 5.51. The lowest BCUT2D eigenvalue weighted by Crippen LogP contribution is -2.42. The summed E-state index contributed by atoms with van der Waals surface area (Å²) in [7, 11) is 0. The van der Waals surface area contributed by atoms with Crippen LogP contribution < -0.4 is 5.32 Å². The molecule has 2 aliphatic rings. The van der Waals surface area contributed by atoms with E-state index in [4.69, 9.17) is 4.74 Å². The molecule has 1 N–H and O–H groups in total. The van der Waals surface area contributed by atoms with Crippen LogP contribution in [-0.4, -0.2) is 30.2 Å². The van der Waals surface area contributed by atoms with Crippen LogP contribution >= 0.6 is 22.6 Å². The summed E-state index contributed by atoms with van der Waals surface area (Å²) >= 11 is 2.59. The molecule has 2 atom stereocenters. The minimum atomic E-state index is 0.485. The van der Waals surface area contributed by atoms with Gasteiger partial charge < -0.3 is 10.1 Å². The zero-order chi connectivity index (χ0) is 7.73. The van der Waals surface area contributed by atoms with Crippen LogP contribution in [0.2, 0.25) is 0 Å². The summed E-state index contributed by atoms with van der Waals surface area (Å²) in [5.74, 6) is 0. The van der Waals surface area contributed by atoms with Crippen molar-refractivity contribution in [2.24, 2.45) is 5.41 Å². The van der Waals surface area contributed by atoms with Gasteiger partial charge in [0.05, 0.1) is 6.61 Å². The van der Waals surface area contributed by atoms with E-state index in [-0.39, 0.29) is 0 Å². The predicted molar refractivity (Wildman–Crippen MR) is 53.2 cm³/mol. The number of ether oxygens (including phenoxy) is 1. The van der Waals surface area contributed by atoms with Crippen LogP contribution in [0.3, 0.4) is 0 Å². The Hall–Kier alpha value is 0.650. The molecule has 64 valence electrons. The first kappa shape index (κ1) is 8.26. The maximum absolute atomic E-state index is 5.53. The third-order valence-electron chi connectivity index (χ3n) is 2.85. The van der Waals surface area contributed by atoms with Crippen molar-refractivity contribution in [1.82, 2.24) is 5.32 Å². The predicted octanol–water partition coefficient (Wildman–Crippen LogP) is 1.19. The Kier molecular flexibility index (Phi) is 2.39. The number of alkyl halides is 1. The van der Waals surface area contributed by atoms with Crippen LogP contribution in [0, 0.1) is 5.41 Å². The molecule has 0 aromatic carbocycles. The second kappa shape index (κ2) is 3.18. The van der Waals surface area contributed by atoms with Gasteiger partial charge in [0.25, 0.3) is 0 Å². The molecule has 0 bridgehead atoms. The molecule has 2 heterocycles. The molecule has 3 heteroatoms. The van der Waals surface area contributed by atoms with Crippen LogP contribution in [-0.2, 0) is 4.74 Å². The highest BCUT2D eigenvalue weighted by Crippen LogP contribution is 2.39. The molecule has 2 saturated heterocycles. The maximum Gasteiger partial charge on any atom is 0.0545 e. The van der Waals surface area contributed by atoms with Gasteiger partial charge in [-0.2, -0.15) is 0 Å². The molecule has 11 heavy (non-hydrogen) atoms. The van der Waals surface area contributed by atoms with E-state index in [9.17, 15) is 0 Å². The van der Waals surface area contributed by atoms with Gasteiger partial charge in [-0.1, -0.05) is 22.6 Å². The lowest BCUT2D eigenvalue weighted by Gasteiger charge is -2.37. The second-order valence-electron chi connectivity index (χ2n) is 3.60. The van der Waals surface area contributed by atoms with E-state index < -0.39 is 0 Å². The lowest BCUT2D eigenvalue weighted by molar-refractivity contribution is 0.0126. The molecule has 1 spiro atoms. The van der Waals surface area contributed by atoms with E-state index in [2.05, 4.69) is 27.9 Å². The first-order chi connectivity index (χ1) is 5.33. The van der Waals surface area contributed by atoms with Gasteiger partial charge in [0.1, 0.15) is 0 Å². The molecule has 0 radical (unpaired) electrons. The summed E-state index contributed by atoms with van der Waals surface area (Å²) < 4.78 is 6.36. The van der Waals surface area contributed by atoms with Gasteiger partial charge in [0.15, 0.2) is 0 Å². The molecule has 2 unspecified atom stereocenters. The molecule has 0 amide bonds. The Morgan fingerprint density at radius 3 is 3.09 bits per heavy atom. The highest BCUT2D eigenvalue weighted by Gasteiger charge is 2.42. The fourth-order valence-corrected chi connectivity index (χ4v) is 2.98. The molecule has 2 nitrogen and oxygen atoms in total. The zero-order valence-corrected chi connectivity index (χ0v) is 8.76. The first-order valence-electron chi connectivity index (χ1n) is 4.26. The van der Waals surface area contributed by atoms with Gasteiger partial charge in [-0.25, -0.2) is 0 Å². The number of hydrogen-bond acceptors (Lipinski definition) is 2. The smallest absolute Gasteiger partial charge is 0.0545 e. The minimum Gasteiger partial charge on any atom is -0.381 e. The van der Waals surface area contributed by atoms with Crippen molar-refractivity contribution < 1.29 is 4.74 Å². The van der Waals surface area contributed by atoms with E-state index in [1.165, 1.54) is 25.9 Å². The summed E-state index contributed by atoms with van der Waals surface area (Å²) in [6.07, 6.45) is 2.54. The van der Waals surface area contributed by atoms with Crippen molar-refractivity contribution in [2.75, 3.05) is 26.3 Å². The quantitative estimate of drug-likeness (QED) is 0.526.